The number of rotatable bonds is 4. The molecule has 2 aromatic rings. The van der Waals surface area contributed by atoms with Gasteiger partial charge in [0, 0.05) is 0 Å². The van der Waals surface area contributed by atoms with Crippen LogP contribution in [0.25, 0.3) is 12.2 Å². The van der Waals surface area contributed by atoms with E-state index in [0.29, 0.717) is 12.2 Å². The van der Waals surface area contributed by atoms with Crippen molar-refractivity contribution in [2.24, 2.45) is 0 Å². The lowest BCUT2D eigenvalue weighted by atomic mass is 9.82. The first-order valence-corrected chi connectivity index (χ1v) is 9.33. The maximum atomic E-state index is 11.7. The fourth-order valence-electron chi connectivity index (χ4n) is 4.25. The van der Waals surface area contributed by atoms with Crippen LogP contribution in [0, 0.1) is 0 Å². The van der Waals surface area contributed by atoms with Gasteiger partial charge in [0.05, 0.1) is 12.2 Å². The van der Waals surface area contributed by atoms with E-state index in [9.17, 15) is 4.79 Å². The first-order valence-electron chi connectivity index (χ1n) is 9.33. The summed E-state index contributed by atoms with van der Waals surface area (Å²) in [6.07, 6.45) is 5.41. The van der Waals surface area contributed by atoms with Crippen LogP contribution in [-0.4, -0.2) is 12.6 Å². The topological polar surface area (TPSA) is 26.3 Å². The minimum Gasteiger partial charge on any atom is -0.462 e. The van der Waals surface area contributed by atoms with Crippen molar-refractivity contribution in [1.29, 1.82) is 0 Å². The van der Waals surface area contributed by atoms with Gasteiger partial charge >= 0.3 is 5.97 Å². The Morgan fingerprint density at radius 3 is 2.15 bits per heavy atom. The van der Waals surface area contributed by atoms with Crippen LogP contribution in [0.1, 0.15) is 73.7 Å². The molecule has 0 spiro atoms. The van der Waals surface area contributed by atoms with Gasteiger partial charge in [0.25, 0.3) is 0 Å². The van der Waals surface area contributed by atoms with Gasteiger partial charge in [0.1, 0.15) is 0 Å². The monoisotopic (exact) mass is 348 g/mol. The van der Waals surface area contributed by atoms with Gasteiger partial charge in [-0.05, 0) is 58.6 Å². The third kappa shape index (κ3) is 3.60. The summed E-state index contributed by atoms with van der Waals surface area (Å²) in [4.78, 5) is 11.7. The molecule has 0 saturated carbocycles. The standard InChI is InChI=1S/C24H28O2/c1-6-26-22(25)19-12-9-17(10-13-19)7-8-18-11-14-20-21(15-18)24(4,5)16-23(20,2)3/h7-15H,6,16H2,1-5H3. The van der Waals surface area contributed by atoms with Crippen molar-refractivity contribution in [3.8, 4) is 0 Å². The van der Waals surface area contributed by atoms with Gasteiger partial charge in [-0.2, -0.15) is 0 Å². The summed E-state index contributed by atoms with van der Waals surface area (Å²) in [7, 11) is 0. The minimum atomic E-state index is -0.272. The number of hydrogen-bond acceptors (Lipinski definition) is 2. The fourth-order valence-corrected chi connectivity index (χ4v) is 4.25. The predicted molar refractivity (Wildman–Crippen MR) is 108 cm³/mol. The molecule has 2 heteroatoms. The molecule has 0 bridgehead atoms. The van der Waals surface area contributed by atoms with E-state index in [1.54, 1.807) is 0 Å². The van der Waals surface area contributed by atoms with Gasteiger partial charge in [-0.15, -0.1) is 0 Å². The molecule has 2 nitrogen and oxygen atoms in total. The van der Waals surface area contributed by atoms with Crippen molar-refractivity contribution in [2.75, 3.05) is 6.61 Å². The average molecular weight is 348 g/mol. The zero-order valence-electron chi connectivity index (χ0n) is 16.4. The molecule has 26 heavy (non-hydrogen) atoms. The lowest BCUT2D eigenvalue weighted by molar-refractivity contribution is 0.0526. The zero-order valence-corrected chi connectivity index (χ0v) is 16.4. The number of benzene rings is 2. The SMILES string of the molecule is CCOC(=O)c1ccc(C=Cc2ccc3c(c2)C(C)(C)CC3(C)C)cc1. The number of esters is 1. The summed E-state index contributed by atoms with van der Waals surface area (Å²) < 4.78 is 5.02. The molecule has 0 unspecified atom stereocenters. The van der Waals surface area contributed by atoms with E-state index in [1.165, 1.54) is 23.1 Å². The number of hydrogen-bond donors (Lipinski definition) is 0. The first-order chi connectivity index (χ1) is 12.2. The second kappa shape index (κ2) is 6.75. The van der Waals surface area contributed by atoms with Crippen molar-refractivity contribution >= 4 is 18.1 Å². The maximum absolute atomic E-state index is 11.7. The molecular formula is C24H28O2. The van der Waals surface area contributed by atoms with Crippen molar-refractivity contribution in [1.82, 2.24) is 0 Å². The summed E-state index contributed by atoms with van der Waals surface area (Å²) in [6, 6.07) is 14.3. The van der Waals surface area contributed by atoms with Crippen LogP contribution in [0.15, 0.2) is 42.5 Å². The Balaban J connectivity index is 1.81. The summed E-state index contributed by atoms with van der Waals surface area (Å²) in [6.45, 7) is 11.5. The molecule has 1 aliphatic carbocycles. The molecule has 0 amide bonds. The van der Waals surface area contributed by atoms with Crippen LogP contribution >= 0.6 is 0 Å². The molecule has 0 fully saturated rings. The van der Waals surface area contributed by atoms with Crippen molar-refractivity contribution in [3.05, 3.63) is 70.3 Å². The predicted octanol–water partition coefficient (Wildman–Crippen LogP) is 5.99. The van der Waals surface area contributed by atoms with Gasteiger partial charge < -0.3 is 4.74 Å². The normalized spacial score (nSPS) is 17.3. The Morgan fingerprint density at radius 1 is 0.923 bits per heavy atom. The van der Waals surface area contributed by atoms with Crippen molar-refractivity contribution < 1.29 is 9.53 Å². The molecular weight excluding hydrogens is 320 g/mol. The van der Waals surface area contributed by atoms with E-state index in [-0.39, 0.29) is 16.8 Å². The lowest BCUT2D eigenvalue weighted by Gasteiger charge is -2.22. The largest absolute Gasteiger partial charge is 0.462 e. The molecule has 0 N–H and O–H groups in total. The highest BCUT2D eigenvalue weighted by molar-refractivity contribution is 5.89. The third-order valence-electron chi connectivity index (χ3n) is 5.28. The highest BCUT2D eigenvalue weighted by Crippen LogP contribution is 2.49. The van der Waals surface area contributed by atoms with E-state index < -0.39 is 0 Å². The Kier molecular flexibility index (Phi) is 4.79. The van der Waals surface area contributed by atoms with E-state index in [2.05, 4.69) is 58.0 Å². The Hall–Kier alpha value is -2.35. The van der Waals surface area contributed by atoms with Gasteiger partial charge in [0.15, 0.2) is 0 Å². The minimum absolute atomic E-state index is 0.212. The zero-order chi connectivity index (χ0) is 18.9. The highest BCUT2D eigenvalue weighted by atomic mass is 16.5. The van der Waals surface area contributed by atoms with Crippen LogP contribution in [0.4, 0.5) is 0 Å². The van der Waals surface area contributed by atoms with Crippen LogP contribution in [0.5, 0.6) is 0 Å². The maximum Gasteiger partial charge on any atom is 0.338 e. The molecule has 136 valence electrons. The van der Waals surface area contributed by atoms with Gasteiger partial charge in [-0.3, -0.25) is 0 Å². The summed E-state index contributed by atoms with van der Waals surface area (Å²) in [5.41, 5.74) is 6.25. The second-order valence-corrected chi connectivity index (χ2v) is 8.43. The van der Waals surface area contributed by atoms with Crippen LogP contribution in [0.2, 0.25) is 0 Å². The number of ether oxygens (including phenoxy) is 1. The quantitative estimate of drug-likeness (QED) is 0.501. The lowest BCUT2D eigenvalue weighted by Crippen LogP contribution is -2.17. The molecule has 2 aromatic carbocycles. The summed E-state index contributed by atoms with van der Waals surface area (Å²) in [5, 5.41) is 0. The molecule has 0 aromatic heterocycles. The van der Waals surface area contributed by atoms with Crippen LogP contribution in [0.3, 0.4) is 0 Å². The second-order valence-electron chi connectivity index (χ2n) is 8.43. The number of fused-ring (bicyclic) bond motifs is 1. The van der Waals surface area contributed by atoms with Crippen LogP contribution in [-0.2, 0) is 15.6 Å². The smallest absolute Gasteiger partial charge is 0.338 e. The Morgan fingerprint density at radius 2 is 1.50 bits per heavy atom. The summed E-state index contributed by atoms with van der Waals surface area (Å²) >= 11 is 0. The number of carbonyl (C=O) groups is 1. The molecule has 0 saturated heterocycles. The fraction of sp³-hybridized carbons (Fsp3) is 0.375. The van der Waals surface area contributed by atoms with Crippen molar-refractivity contribution in [3.63, 3.8) is 0 Å². The molecule has 0 aliphatic heterocycles. The Bertz CT molecular complexity index is 839. The van der Waals surface area contributed by atoms with Crippen molar-refractivity contribution in [2.45, 2.75) is 51.9 Å². The molecule has 0 heterocycles. The number of carbonyl (C=O) groups excluding carboxylic acids is 1. The summed E-state index contributed by atoms with van der Waals surface area (Å²) in [5.74, 6) is -0.272. The average Bonchev–Trinajstić information content (AvgIpc) is 2.78. The first kappa shape index (κ1) is 18.4. The van der Waals surface area contributed by atoms with E-state index in [1.807, 2.05) is 31.2 Å². The third-order valence-corrected chi connectivity index (χ3v) is 5.28. The van der Waals surface area contributed by atoms with E-state index in [0.717, 1.165) is 5.56 Å². The van der Waals surface area contributed by atoms with Crippen LogP contribution < -0.4 is 0 Å². The molecule has 1 aliphatic rings. The molecule has 3 rings (SSSR count). The Labute approximate surface area is 156 Å². The van der Waals surface area contributed by atoms with E-state index in [4.69, 9.17) is 4.74 Å². The highest BCUT2D eigenvalue weighted by Gasteiger charge is 2.41. The van der Waals surface area contributed by atoms with Gasteiger partial charge in [-0.25, -0.2) is 4.79 Å². The molecule has 0 atom stereocenters. The van der Waals surface area contributed by atoms with Gasteiger partial charge in [-0.1, -0.05) is 70.2 Å². The molecule has 0 radical (unpaired) electrons. The van der Waals surface area contributed by atoms with E-state index >= 15 is 0 Å². The van der Waals surface area contributed by atoms with Gasteiger partial charge in [0.2, 0.25) is 0 Å².